The zero-order valence-electron chi connectivity index (χ0n) is 53.8. The van der Waals surface area contributed by atoms with Crippen LogP contribution in [-0.4, -0.2) is 58.2 Å². The van der Waals surface area contributed by atoms with Gasteiger partial charge in [0.25, 0.3) is 27.9 Å². The third-order valence-corrected chi connectivity index (χ3v) is 21.6. The average Bonchev–Trinajstić information content (AvgIpc) is 1.11. The Morgan fingerprint density at radius 3 is 1.32 bits per heavy atom. The summed E-state index contributed by atoms with van der Waals surface area (Å²) < 4.78 is 0. The highest BCUT2D eigenvalue weighted by atomic mass is 32.2. The summed E-state index contributed by atoms with van der Waals surface area (Å²) >= 11 is 11.5. The van der Waals surface area contributed by atoms with E-state index in [0.717, 1.165) is 48.2 Å². The van der Waals surface area contributed by atoms with E-state index in [0.29, 0.717) is 90.6 Å². The maximum Gasteiger partial charge on any atom is 0.276 e. The lowest BCUT2D eigenvalue weighted by atomic mass is 10.1. The highest BCUT2D eigenvalue weighted by molar-refractivity contribution is 7.99. The lowest BCUT2D eigenvalue weighted by Gasteiger charge is -2.07. The number of hydrogen-bond acceptors (Lipinski definition) is 25. The van der Waals surface area contributed by atoms with E-state index < -0.39 is 11.1 Å². The molecular weight excluding hydrogens is 1440 g/mol. The zero-order valence-corrected chi connectivity index (χ0v) is 60.3. The molecule has 2 aliphatic rings. The topological polar surface area (TPSA) is 329 Å². The molecule has 0 amide bonds. The van der Waals surface area contributed by atoms with Crippen molar-refractivity contribution < 1.29 is 4.84 Å². The number of rotatable bonds is 19. The summed E-state index contributed by atoms with van der Waals surface area (Å²) in [5.74, 6) is 4.17. The number of thiophene rings is 4. The molecule has 12 aromatic rings. The van der Waals surface area contributed by atoms with Crippen molar-refractivity contribution in [3.05, 3.63) is 294 Å². The molecule has 10 heterocycles. The molecule has 0 bridgehead atoms. The lowest BCUT2D eigenvalue weighted by Crippen LogP contribution is -2.17. The van der Waals surface area contributed by atoms with Gasteiger partial charge >= 0.3 is 0 Å². The summed E-state index contributed by atoms with van der Waals surface area (Å²) in [6.07, 6.45) is 0.993. The minimum atomic E-state index is -0.433. The van der Waals surface area contributed by atoms with Crippen LogP contribution in [0.4, 0.5) is 5.69 Å². The number of hydrogen-bond donors (Lipinski definition) is 5. The highest BCUT2D eigenvalue weighted by Crippen LogP contribution is 2.34. The molecule has 8 aromatic heterocycles. The first-order valence-corrected chi connectivity index (χ1v) is 38.0. The molecule has 5 N–H and O–H groups in total. The van der Waals surface area contributed by atoms with Crippen molar-refractivity contribution >= 4 is 110 Å². The zero-order chi connectivity index (χ0) is 71.3. The number of nitriles is 3. The van der Waals surface area contributed by atoms with Crippen LogP contribution in [0.1, 0.15) is 68.1 Å². The summed E-state index contributed by atoms with van der Waals surface area (Å²) in [4.78, 5) is 97.7. The Morgan fingerprint density at radius 2 is 0.922 bits per heavy atom. The molecule has 0 aliphatic carbocycles. The summed E-state index contributed by atoms with van der Waals surface area (Å²) in [5.41, 5.74) is 11.7. The summed E-state index contributed by atoms with van der Waals surface area (Å²) in [5, 5.41) is 45.3. The molecule has 14 rings (SSSR count). The number of H-pyrrole nitrogens is 4. The Hall–Kier alpha value is -11.2. The van der Waals surface area contributed by atoms with Gasteiger partial charge in [-0.05, 0) is 106 Å². The van der Waals surface area contributed by atoms with Crippen LogP contribution in [0.5, 0.6) is 0 Å². The fourth-order valence-corrected chi connectivity index (χ4v) is 15.7. The van der Waals surface area contributed by atoms with Crippen LogP contribution >= 0.6 is 92.4 Å². The van der Waals surface area contributed by atoms with E-state index in [9.17, 15) is 35.0 Å². The Kier molecular flexibility index (Phi) is 24.9. The van der Waals surface area contributed by atoms with E-state index in [4.69, 9.17) is 11.4 Å². The van der Waals surface area contributed by atoms with Crippen LogP contribution in [0.2, 0.25) is 0 Å². The first-order valence-electron chi connectivity index (χ1n) is 30.5. The number of aliphatic imine (C=N–C) groups is 2. The number of azo groups is 1. The molecule has 2 aliphatic heterocycles. The van der Waals surface area contributed by atoms with Crippen molar-refractivity contribution in [2.75, 3.05) is 6.67 Å². The molecule has 102 heavy (non-hydrogen) atoms. The maximum absolute atomic E-state index is 12.3. The van der Waals surface area contributed by atoms with Gasteiger partial charge in [0, 0.05) is 39.0 Å². The Balaban J connectivity index is 0.000000137. The number of hydroxylamine groups is 1. The van der Waals surface area contributed by atoms with Gasteiger partial charge in [-0.3, -0.25) is 19.2 Å². The van der Waals surface area contributed by atoms with Gasteiger partial charge in [0.1, 0.15) is 52.0 Å². The molecule has 0 saturated heterocycles. The molecular formula is C72H53N17O5S8. The fraction of sp³-hybridized carbons (Fsp3) is 0.111. The van der Waals surface area contributed by atoms with Gasteiger partial charge in [-0.2, -0.15) is 25.9 Å². The number of nitrogens with one attached hydrogen (secondary N) is 5. The molecule has 0 unspecified atom stereocenters. The summed E-state index contributed by atoms with van der Waals surface area (Å²) in [6, 6.07) is 53.0. The molecule has 0 atom stereocenters. The molecule has 0 fully saturated rings. The van der Waals surface area contributed by atoms with Crippen LogP contribution in [0.15, 0.2) is 240 Å². The van der Waals surface area contributed by atoms with Gasteiger partial charge in [-0.1, -0.05) is 169 Å². The van der Waals surface area contributed by atoms with Crippen LogP contribution < -0.4 is 27.7 Å². The number of nitrogens with zero attached hydrogens (tertiary/aromatic N) is 12. The second kappa shape index (κ2) is 35.2. The van der Waals surface area contributed by atoms with Gasteiger partial charge < -0.3 is 24.8 Å². The largest absolute Gasteiger partial charge is 0.361 e. The Labute approximate surface area is 615 Å². The van der Waals surface area contributed by atoms with Crippen LogP contribution in [-0.2, 0) is 34.3 Å². The van der Waals surface area contributed by atoms with E-state index in [1.54, 1.807) is 0 Å². The van der Waals surface area contributed by atoms with E-state index in [-0.39, 0.29) is 33.5 Å². The quantitative estimate of drug-likeness (QED) is 0.0285. The van der Waals surface area contributed by atoms with Crippen LogP contribution in [0, 0.1) is 47.5 Å². The van der Waals surface area contributed by atoms with E-state index in [1.807, 2.05) is 168 Å². The van der Waals surface area contributed by atoms with Crippen molar-refractivity contribution in [3.63, 3.8) is 0 Å². The standard InChI is InChI=1S/C19H13N5O2S2.C18H12N6OS2.C18H15N3OS2.C17H13N3OS2/c1-11-21-17(24-26-11)13-5-2-4-12(8-13)10-28-19-22-16(15-6-3-7-27-15)14(9-20)18(25)23-19;19-8-13-15(14-5-2-6-26-14)22-18(23-17(13)25)27-9-11-3-1-4-12(7-11)16-20-10-21-24-16;1-2-12-5-3-6-13(9-12)11-24-18-20-16(15-7-4-8-23-15)14(10-19)17(22)21-18;1-11-5-3-6-12(9-11)10-23-17-19-14(13-7-4-8-22-13)15(18-2)16(21)20-17/h2-8H,1,10H2,(H,21,24)(H,22,23,25);1-7H,9-10H2,(H,22,23,25);3-9H,2,11H2,1H3,(H,20,21,22);3-9H,10H2,1H3,(H,19,20,21). The van der Waals surface area contributed by atoms with Crippen molar-refractivity contribution in [3.8, 4) is 60.5 Å². The number of aromatic amines is 4. The predicted molar refractivity (Wildman–Crippen MR) is 407 cm³/mol. The first-order chi connectivity index (χ1) is 49.8. The molecule has 30 heteroatoms. The first kappa shape index (κ1) is 72.1. The maximum atomic E-state index is 12.3. The van der Waals surface area contributed by atoms with Crippen molar-refractivity contribution in [2.45, 2.75) is 63.9 Å². The third kappa shape index (κ3) is 18.8. The van der Waals surface area contributed by atoms with Gasteiger partial charge in [-0.25, -0.2) is 35.3 Å². The van der Waals surface area contributed by atoms with Crippen molar-refractivity contribution in [1.29, 1.82) is 15.8 Å². The number of amidine groups is 2. The average molecular weight is 1490 g/mol. The van der Waals surface area contributed by atoms with Gasteiger partial charge in [-0.15, -0.1) is 50.5 Å². The second-order valence-electron chi connectivity index (χ2n) is 21.3. The minimum absolute atomic E-state index is 0.0272. The lowest BCUT2D eigenvalue weighted by molar-refractivity contribution is 0.179. The predicted octanol–water partition coefficient (Wildman–Crippen LogP) is 16.1. The number of aromatic nitrogens is 8. The molecule has 22 nitrogen and oxygen atoms in total. The van der Waals surface area contributed by atoms with Crippen molar-refractivity contribution in [2.24, 2.45) is 20.2 Å². The molecule has 4 aromatic carbocycles. The summed E-state index contributed by atoms with van der Waals surface area (Å²) in [7, 11) is 0. The second-order valence-corrected chi connectivity index (χ2v) is 29.0. The van der Waals surface area contributed by atoms with Gasteiger partial charge in [0.15, 0.2) is 39.0 Å². The van der Waals surface area contributed by atoms with E-state index >= 15 is 0 Å². The number of aryl methyl sites for hydroxylation is 2. The molecule has 0 spiro atoms. The minimum Gasteiger partial charge on any atom is -0.361 e. The SMILES string of the molecule is C=C1N=C(c2cccc(CSc3nc(-c4cccs4)c(C#N)c(=O)[nH]3)c2)NO1.CCc1cccc(CSc2nc(-c3cccs3)c(C#N)c(=O)[nH]2)c1.N#Cc1c(-c2cccs2)nc(SCc2cccc(C3=NCN=N3)c2)[nH]c1=O.[C-]#[N+]c1c(-c2cccs2)nc(SCc2cccc(C)c2)[nH]c1=O. The number of benzene rings is 4. The van der Waals surface area contributed by atoms with Gasteiger partial charge in [0.2, 0.25) is 5.88 Å². The molecule has 0 radical (unpaired) electrons. The summed E-state index contributed by atoms with van der Waals surface area (Å²) in [6.45, 7) is 15.4. The Bertz CT molecular complexity index is 5540. The van der Waals surface area contributed by atoms with Crippen molar-refractivity contribution in [1.82, 2.24) is 45.4 Å². The highest BCUT2D eigenvalue weighted by Gasteiger charge is 2.20. The van der Waals surface area contributed by atoms with E-state index in [1.165, 1.54) is 115 Å². The molecule has 504 valence electrons. The van der Waals surface area contributed by atoms with Crippen LogP contribution in [0.25, 0.3) is 47.1 Å². The normalized spacial score (nSPS) is 11.7. The monoisotopic (exact) mass is 1490 g/mol. The fourth-order valence-electron chi connectivity index (χ4n) is 9.59. The van der Waals surface area contributed by atoms with Crippen LogP contribution in [0.3, 0.4) is 0 Å². The smallest absolute Gasteiger partial charge is 0.276 e. The Morgan fingerprint density at radius 1 is 0.520 bits per heavy atom. The van der Waals surface area contributed by atoms with E-state index in [2.05, 4.69) is 108 Å². The number of thioether (sulfide) groups is 4. The van der Waals surface area contributed by atoms with Gasteiger partial charge in [0.05, 0.1) is 26.9 Å². The third-order valence-electron chi connectivity index (χ3n) is 14.4. The molecule has 0 saturated carbocycles.